The smallest absolute Gasteiger partial charge is 0.303 e. The minimum Gasteiger partial charge on any atom is -0.481 e. The standard InChI is InChI=1S/C16H19NO3S/c1-16(2,8-15(19)20)7-14(18)17-9-11-10-21-13-6-4-3-5-12(11)13/h3-6,10H,7-9H2,1-2H3,(H,17,18)(H,19,20). The first kappa shape index (κ1) is 15.5. The zero-order chi connectivity index (χ0) is 15.5. The number of carbonyl (C=O) groups is 2. The van der Waals surface area contributed by atoms with Crippen LogP contribution in [0.4, 0.5) is 0 Å². The second-order valence-electron chi connectivity index (χ2n) is 5.95. The van der Waals surface area contributed by atoms with Crippen molar-refractivity contribution < 1.29 is 14.7 Å². The van der Waals surface area contributed by atoms with E-state index >= 15 is 0 Å². The molecule has 1 aromatic heterocycles. The zero-order valence-corrected chi connectivity index (χ0v) is 13.0. The van der Waals surface area contributed by atoms with Crippen LogP contribution in [0, 0.1) is 5.41 Å². The number of carboxylic acids is 1. The van der Waals surface area contributed by atoms with Gasteiger partial charge in [0.25, 0.3) is 0 Å². The van der Waals surface area contributed by atoms with E-state index in [9.17, 15) is 9.59 Å². The van der Waals surface area contributed by atoms with Crippen molar-refractivity contribution in [2.45, 2.75) is 33.2 Å². The van der Waals surface area contributed by atoms with Gasteiger partial charge in [0, 0.05) is 17.7 Å². The molecule has 2 aromatic rings. The lowest BCUT2D eigenvalue weighted by Crippen LogP contribution is -2.29. The predicted molar refractivity (Wildman–Crippen MR) is 84.3 cm³/mol. The van der Waals surface area contributed by atoms with Crippen molar-refractivity contribution in [3.8, 4) is 0 Å². The number of hydrogen-bond acceptors (Lipinski definition) is 3. The van der Waals surface area contributed by atoms with Crippen molar-refractivity contribution in [1.82, 2.24) is 5.32 Å². The van der Waals surface area contributed by atoms with Gasteiger partial charge in [-0.05, 0) is 27.8 Å². The fourth-order valence-electron chi connectivity index (χ4n) is 2.33. The molecule has 2 N–H and O–H groups in total. The van der Waals surface area contributed by atoms with Crippen LogP contribution in [0.3, 0.4) is 0 Å². The molecule has 1 heterocycles. The van der Waals surface area contributed by atoms with Gasteiger partial charge in [0.2, 0.25) is 5.91 Å². The number of nitrogens with one attached hydrogen (secondary N) is 1. The number of hydrogen-bond donors (Lipinski definition) is 2. The van der Waals surface area contributed by atoms with Gasteiger partial charge in [-0.1, -0.05) is 32.0 Å². The SMILES string of the molecule is CC(C)(CC(=O)O)CC(=O)NCc1csc2ccccc12. The Labute approximate surface area is 127 Å². The van der Waals surface area contributed by atoms with Crippen LogP contribution in [0.25, 0.3) is 10.1 Å². The third kappa shape index (κ3) is 4.29. The first-order valence-corrected chi connectivity index (χ1v) is 7.69. The summed E-state index contributed by atoms with van der Waals surface area (Å²) in [4.78, 5) is 22.7. The van der Waals surface area contributed by atoms with Crippen molar-refractivity contribution in [2.24, 2.45) is 5.41 Å². The number of aliphatic carboxylic acids is 1. The molecular formula is C16H19NO3S. The Morgan fingerprint density at radius 3 is 2.67 bits per heavy atom. The van der Waals surface area contributed by atoms with E-state index in [2.05, 4.69) is 11.4 Å². The molecule has 1 aromatic carbocycles. The third-order valence-electron chi connectivity index (χ3n) is 3.31. The van der Waals surface area contributed by atoms with Crippen molar-refractivity contribution >= 4 is 33.3 Å². The largest absolute Gasteiger partial charge is 0.481 e. The van der Waals surface area contributed by atoms with E-state index < -0.39 is 11.4 Å². The molecule has 0 unspecified atom stereocenters. The molecule has 0 atom stereocenters. The number of carbonyl (C=O) groups excluding carboxylic acids is 1. The van der Waals surface area contributed by atoms with E-state index in [-0.39, 0.29) is 18.7 Å². The molecule has 2 rings (SSSR count). The maximum atomic E-state index is 12.0. The Kier molecular flexibility index (Phi) is 4.63. The number of fused-ring (bicyclic) bond motifs is 1. The maximum absolute atomic E-state index is 12.0. The molecule has 112 valence electrons. The van der Waals surface area contributed by atoms with E-state index in [1.54, 1.807) is 25.2 Å². The van der Waals surface area contributed by atoms with Crippen molar-refractivity contribution in [1.29, 1.82) is 0 Å². The van der Waals surface area contributed by atoms with E-state index in [4.69, 9.17) is 5.11 Å². The zero-order valence-electron chi connectivity index (χ0n) is 12.2. The summed E-state index contributed by atoms with van der Waals surface area (Å²) < 4.78 is 1.20. The van der Waals surface area contributed by atoms with Gasteiger partial charge in [0.05, 0.1) is 6.42 Å². The molecule has 0 saturated heterocycles. The lowest BCUT2D eigenvalue weighted by Gasteiger charge is -2.21. The highest BCUT2D eigenvalue weighted by molar-refractivity contribution is 7.17. The summed E-state index contributed by atoms with van der Waals surface area (Å²) in [5.41, 5.74) is 0.562. The van der Waals surface area contributed by atoms with E-state index in [0.717, 1.165) is 10.9 Å². The summed E-state index contributed by atoms with van der Waals surface area (Å²) in [6, 6.07) is 8.08. The van der Waals surface area contributed by atoms with E-state index in [0.29, 0.717) is 6.54 Å². The van der Waals surface area contributed by atoms with Crippen LogP contribution in [-0.2, 0) is 16.1 Å². The van der Waals surface area contributed by atoms with Crippen LogP contribution in [0.15, 0.2) is 29.6 Å². The number of rotatable bonds is 6. The summed E-state index contributed by atoms with van der Waals surface area (Å²) in [5, 5.41) is 14.9. The van der Waals surface area contributed by atoms with Gasteiger partial charge in [-0.15, -0.1) is 11.3 Å². The summed E-state index contributed by atoms with van der Waals surface area (Å²) in [5.74, 6) is -0.992. The molecule has 0 fully saturated rings. The molecule has 0 spiro atoms. The van der Waals surface area contributed by atoms with Crippen molar-refractivity contribution in [3.63, 3.8) is 0 Å². The van der Waals surface area contributed by atoms with Gasteiger partial charge in [0.15, 0.2) is 0 Å². The average molecular weight is 305 g/mol. The first-order valence-electron chi connectivity index (χ1n) is 6.81. The average Bonchev–Trinajstić information content (AvgIpc) is 2.77. The number of benzene rings is 1. The maximum Gasteiger partial charge on any atom is 0.303 e. The predicted octanol–water partition coefficient (Wildman–Crippen LogP) is 3.41. The third-order valence-corrected chi connectivity index (χ3v) is 4.32. The highest BCUT2D eigenvalue weighted by Crippen LogP contribution is 2.27. The van der Waals surface area contributed by atoms with Gasteiger partial charge in [0.1, 0.15) is 0 Å². The van der Waals surface area contributed by atoms with Crippen LogP contribution < -0.4 is 5.32 Å². The van der Waals surface area contributed by atoms with Crippen LogP contribution in [0.2, 0.25) is 0 Å². The molecule has 21 heavy (non-hydrogen) atoms. The second kappa shape index (κ2) is 6.26. The molecule has 0 aliphatic heterocycles. The highest BCUT2D eigenvalue weighted by atomic mass is 32.1. The molecule has 0 radical (unpaired) electrons. The van der Waals surface area contributed by atoms with Crippen LogP contribution in [-0.4, -0.2) is 17.0 Å². The van der Waals surface area contributed by atoms with Crippen LogP contribution >= 0.6 is 11.3 Å². The molecule has 5 heteroatoms. The van der Waals surface area contributed by atoms with Crippen molar-refractivity contribution in [3.05, 3.63) is 35.2 Å². The molecule has 0 saturated carbocycles. The second-order valence-corrected chi connectivity index (χ2v) is 6.86. The van der Waals surface area contributed by atoms with Gasteiger partial charge in [-0.3, -0.25) is 9.59 Å². The monoisotopic (exact) mass is 305 g/mol. The lowest BCUT2D eigenvalue weighted by molar-refractivity contribution is -0.139. The highest BCUT2D eigenvalue weighted by Gasteiger charge is 2.25. The normalized spacial score (nSPS) is 11.5. The molecule has 0 aliphatic rings. The summed E-state index contributed by atoms with van der Waals surface area (Å²) >= 11 is 1.66. The van der Waals surface area contributed by atoms with Crippen LogP contribution in [0.5, 0.6) is 0 Å². The summed E-state index contributed by atoms with van der Waals surface area (Å²) in [7, 11) is 0. The topological polar surface area (TPSA) is 66.4 Å². The van der Waals surface area contributed by atoms with E-state index in [1.165, 1.54) is 4.70 Å². The minimum atomic E-state index is -0.878. The van der Waals surface area contributed by atoms with Gasteiger partial charge in [-0.2, -0.15) is 0 Å². The number of thiophene rings is 1. The Morgan fingerprint density at radius 1 is 1.24 bits per heavy atom. The minimum absolute atomic E-state index is 0.0121. The number of carboxylic acid groups (broad SMARTS) is 1. The molecule has 0 bridgehead atoms. The molecular weight excluding hydrogens is 286 g/mol. The summed E-state index contributed by atoms with van der Waals surface area (Å²) in [6.07, 6.45) is 0.198. The van der Waals surface area contributed by atoms with Gasteiger partial charge >= 0.3 is 5.97 Å². The molecule has 4 nitrogen and oxygen atoms in total. The molecule has 1 amide bonds. The Balaban J connectivity index is 1.94. The van der Waals surface area contributed by atoms with Crippen LogP contribution in [0.1, 0.15) is 32.3 Å². The quantitative estimate of drug-likeness (QED) is 0.859. The fourth-order valence-corrected chi connectivity index (χ4v) is 3.30. The molecule has 0 aliphatic carbocycles. The van der Waals surface area contributed by atoms with E-state index in [1.807, 2.05) is 23.6 Å². The lowest BCUT2D eigenvalue weighted by atomic mass is 9.85. The van der Waals surface area contributed by atoms with Crippen molar-refractivity contribution in [2.75, 3.05) is 0 Å². The summed E-state index contributed by atoms with van der Waals surface area (Å²) in [6.45, 7) is 4.06. The Morgan fingerprint density at radius 2 is 1.95 bits per heavy atom. The van der Waals surface area contributed by atoms with Gasteiger partial charge < -0.3 is 10.4 Å². The first-order chi connectivity index (χ1) is 9.87. The number of amides is 1. The Hall–Kier alpha value is -1.88. The Bertz CT molecular complexity index is 660. The van der Waals surface area contributed by atoms with Gasteiger partial charge in [-0.25, -0.2) is 0 Å². The fraction of sp³-hybridized carbons (Fsp3) is 0.375.